The second kappa shape index (κ2) is 6.60. The molecular formula is C13H13ClN4OS. The van der Waals surface area contributed by atoms with Gasteiger partial charge < -0.3 is 5.73 Å². The number of rotatable bonds is 4. The minimum atomic E-state index is -0.418. The number of anilines is 1. The summed E-state index contributed by atoms with van der Waals surface area (Å²) in [6, 6.07) is 10.5. The van der Waals surface area contributed by atoms with Gasteiger partial charge >= 0.3 is 0 Å². The number of pyridine rings is 1. The van der Waals surface area contributed by atoms with Gasteiger partial charge in [0.05, 0.1) is 10.7 Å². The number of benzene rings is 1. The first-order valence-electron chi connectivity index (χ1n) is 5.75. The smallest absolute Gasteiger partial charge is 0.283 e. The molecule has 20 heavy (non-hydrogen) atoms. The Bertz CT molecular complexity index is 636. The third kappa shape index (κ3) is 3.63. The highest BCUT2D eigenvalue weighted by molar-refractivity contribution is 7.98. The number of hydrazine groups is 1. The molecule has 0 unspecified atom stereocenters. The molecule has 5 nitrogen and oxygen atoms in total. The lowest BCUT2D eigenvalue weighted by molar-refractivity contribution is 0.0948. The Morgan fingerprint density at radius 3 is 2.90 bits per heavy atom. The van der Waals surface area contributed by atoms with Crippen molar-refractivity contribution < 1.29 is 4.79 Å². The number of carbonyl (C=O) groups excluding carboxylic acids is 1. The van der Waals surface area contributed by atoms with Crippen LogP contribution in [-0.4, -0.2) is 10.9 Å². The number of hydrogen-bond donors (Lipinski definition) is 3. The van der Waals surface area contributed by atoms with E-state index in [0.717, 1.165) is 10.6 Å². The molecular weight excluding hydrogens is 296 g/mol. The highest BCUT2D eigenvalue weighted by Gasteiger charge is 2.07. The first kappa shape index (κ1) is 14.6. The van der Waals surface area contributed by atoms with Gasteiger partial charge in [-0.2, -0.15) is 0 Å². The summed E-state index contributed by atoms with van der Waals surface area (Å²) < 4.78 is 0. The number of nitrogens with one attached hydrogen (secondary N) is 1. The van der Waals surface area contributed by atoms with E-state index in [9.17, 15) is 4.79 Å². The van der Waals surface area contributed by atoms with E-state index in [4.69, 9.17) is 23.2 Å². The van der Waals surface area contributed by atoms with Crippen LogP contribution in [0.15, 0.2) is 41.3 Å². The largest absolute Gasteiger partial charge is 0.399 e. The van der Waals surface area contributed by atoms with Crippen LogP contribution in [0.1, 0.15) is 16.2 Å². The lowest BCUT2D eigenvalue weighted by Gasteiger charge is -2.06. The minimum absolute atomic E-state index is 0.282. The first-order valence-corrected chi connectivity index (χ1v) is 7.11. The summed E-state index contributed by atoms with van der Waals surface area (Å²) in [5.41, 5.74) is 9.47. The van der Waals surface area contributed by atoms with Crippen LogP contribution in [0.25, 0.3) is 0 Å². The van der Waals surface area contributed by atoms with Crippen LogP contribution in [0.4, 0.5) is 5.69 Å². The third-order valence-electron chi connectivity index (χ3n) is 2.50. The number of nitrogen functional groups attached to an aromatic ring is 2. The van der Waals surface area contributed by atoms with Crippen LogP contribution >= 0.6 is 23.4 Å². The van der Waals surface area contributed by atoms with Crippen molar-refractivity contribution in [3.63, 3.8) is 0 Å². The van der Waals surface area contributed by atoms with Crippen LogP contribution in [0.3, 0.4) is 0 Å². The second-order valence-electron chi connectivity index (χ2n) is 3.97. The summed E-state index contributed by atoms with van der Waals surface area (Å²) in [5, 5.41) is 0.639. The Hall–Kier alpha value is -1.76. The molecule has 0 saturated heterocycles. The predicted molar refractivity (Wildman–Crippen MR) is 81.3 cm³/mol. The molecule has 7 heteroatoms. The Morgan fingerprint density at radius 1 is 1.35 bits per heavy atom. The van der Waals surface area contributed by atoms with Crippen molar-refractivity contribution in [2.24, 2.45) is 5.84 Å². The van der Waals surface area contributed by atoms with Gasteiger partial charge in [0.15, 0.2) is 0 Å². The molecule has 0 spiro atoms. The molecule has 0 atom stereocenters. The van der Waals surface area contributed by atoms with Crippen molar-refractivity contribution in [1.82, 2.24) is 10.4 Å². The van der Waals surface area contributed by atoms with Crippen molar-refractivity contribution in [2.75, 3.05) is 5.73 Å². The van der Waals surface area contributed by atoms with Crippen molar-refractivity contribution in [1.29, 1.82) is 0 Å². The zero-order chi connectivity index (χ0) is 14.5. The number of hydrogen-bond acceptors (Lipinski definition) is 5. The van der Waals surface area contributed by atoms with E-state index < -0.39 is 5.91 Å². The van der Waals surface area contributed by atoms with Gasteiger partial charge in [-0.1, -0.05) is 17.7 Å². The van der Waals surface area contributed by atoms with Gasteiger partial charge in [-0.3, -0.25) is 10.2 Å². The molecule has 104 valence electrons. The van der Waals surface area contributed by atoms with Crippen LogP contribution in [0.5, 0.6) is 0 Å². The molecule has 1 aromatic carbocycles. The maximum atomic E-state index is 11.4. The number of carbonyl (C=O) groups is 1. The highest BCUT2D eigenvalue weighted by Crippen LogP contribution is 2.30. The molecule has 0 bridgehead atoms. The lowest BCUT2D eigenvalue weighted by Crippen LogP contribution is -2.30. The molecule has 5 N–H and O–H groups in total. The molecule has 0 aliphatic heterocycles. The molecule has 1 amide bonds. The maximum absolute atomic E-state index is 11.4. The monoisotopic (exact) mass is 308 g/mol. The predicted octanol–water partition coefficient (Wildman–Crippen LogP) is 2.21. The van der Waals surface area contributed by atoms with Gasteiger partial charge in [0, 0.05) is 16.3 Å². The van der Waals surface area contributed by atoms with Gasteiger partial charge in [0.25, 0.3) is 5.91 Å². The van der Waals surface area contributed by atoms with E-state index in [-0.39, 0.29) is 5.69 Å². The van der Waals surface area contributed by atoms with Crippen molar-refractivity contribution >= 4 is 35.0 Å². The summed E-state index contributed by atoms with van der Waals surface area (Å²) in [7, 11) is 0. The Balaban J connectivity index is 2.11. The Morgan fingerprint density at radius 2 is 2.15 bits per heavy atom. The molecule has 1 heterocycles. The van der Waals surface area contributed by atoms with E-state index in [0.29, 0.717) is 16.5 Å². The zero-order valence-electron chi connectivity index (χ0n) is 10.5. The molecule has 2 aromatic rings. The molecule has 0 saturated carbocycles. The zero-order valence-corrected chi connectivity index (χ0v) is 12.0. The fourth-order valence-corrected chi connectivity index (χ4v) is 2.71. The lowest BCUT2D eigenvalue weighted by atomic mass is 10.3. The van der Waals surface area contributed by atoms with Gasteiger partial charge in [-0.05, 0) is 30.3 Å². The molecule has 0 aliphatic rings. The number of nitrogens with two attached hydrogens (primary N) is 2. The molecule has 2 rings (SSSR count). The van der Waals surface area contributed by atoms with Crippen molar-refractivity contribution in [3.8, 4) is 0 Å². The number of halogens is 1. The van der Waals surface area contributed by atoms with Crippen LogP contribution in [0, 0.1) is 0 Å². The fraction of sp³-hybridized carbons (Fsp3) is 0.0769. The Labute approximate surface area is 125 Å². The first-order chi connectivity index (χ1) is 9.60. The average Bonchev–Trinajstić information content (AvgIpc) is 2.47. The van der Waals surface area contributed by atoms with E-state index in [2.05, 4.69) is 10.4 Å². The summed E-state index contributed by atoms with van der Waals surface area (Å²) in [6.45, 7) is 0. The summed E-state index contributed by atoms with van der Waals surface area (Å²) in [4.78, 5) is 16.5. The molecule has 0 aliphatic carbocycles. The second-order valence-corrected chi connectivity index (χ2v) is 5.39. The SMILES string of the molecule is NNC(=O)c1cccc(CSc2cc(N)ccc2Cl)n1. The summed E-state index contributed by atoms with van der Waals surface area (Å²) in [6.07, 6.45) is 0. The number of aromatic nitrogens is 1. The van der Waals surface area contributed by atoms with E-state index in [1.807, 2.05) is 12.1 Å². The molecule has 0 radical (unpaired) electrons. The summed E-state index contributed by atoms with van der Waals surface area (Å²) in [5.74, 6) is 5.24. The van der Waals surface area contributed by atoms with Crippen LogP contribution in [-0.2, 0) is 5.75 Å². The van der Waals surface area contributed by atoms with E-state index in [1.54, 1.807) is 24.3 Å². The molecule has 1 aromatic heterocycles. The number of thioether (sulfide) groups is 1. The average molecular weight is 309 g/mol. The van der Waals surface area contributed by atoms with Crippen molar-refractivity contribution in [2.45, 2.75) is 10.6 Å². The van der Waals surface area contributed by atoms with Gasteiger partial charge in [0.1, 0.15) is 5.69 Å². The van der Waals surface area contributed by atoms with Gasteiger partial charge in [-0.15, -0.1) is 11.8 Å². The maximum Gasteiger partial charge on any atom is 0.283 e. The van der Waals surface area contributed by atoms with Crippen LogP contribution < -0.4 is 17.0 Å². The normalized spacial score (nSPS) is 10.3. The van der Waals surface area contributed by atoms with Crippen LogP contribution in [0.2, 0.25) is 5.02 Å². The number of amides is 1. The quantitative estimate of drug-likeness (QED) is 0.265. The highest BCUT2D eigenvalue weighted by atomic mass is 35.5. The topological polar surface area (TPSA) is 94.0 Å². The fourth-order valence-electron chi connectivity index (χ4n) is 1.54. The van der Waals surface area contributed by atoms with E-state index >= 15 is 0 Å². The number of nitrogens with zero attached hydrogens (tertiary/aromatic N) is 1. The van der Waals surface area contributed by atoms with E-state index in [1.165, 1.54) is 11.8 Å². The Kier molecular flexibility index (Phi) is 4.84. The molecule has 0 fully saturated rings. The standard InChI is InChI=1S/C13H13ClN4OS/c14-10-5-4-8(15)6-12(10)20-7-9-2-1-3-11(17-9)13(19)18-16/h1-6H,7,15-16H2,(H,18,19). The minimum Gasteiger partial charge on any atom is -0.399 e. The third-order valence-corrected chi connectivity index (χ3v) is 4.03. The van der Waals surface area contributed by atoms with Gasteiger partial charge in [-0.25, -0.2) is 10.8 Å². The summed E-state index contributed by atoms with van der Waals surface area (Å²) >= 11 is 7.59. The van der Waals surface area contributed by atoms with Gasteiger partial charge in [0.2, 0.25) is 0 Å². The van der Waals surface area contributed by atoms with Crippen molar-refractivity contribution in [3.05, 3.63) is 52.8 Å².